The molecule has 1 heterocycles. The molecule has 1 aliphatic rings. The van der Waals surface area contributed by atoms with Gasteiger partial charge in [-0.05, 0) is 43.7 Å². The van der Waals surface area contributed by atoms with Crippen LogP contribution in [0.4, 0.5) is 5.69 Å². The van der Waals surface area contributed by atoms with Gasteiger partial charge in [-0.1, -0.05) is 6.92 Å². The molecule has 5 nitrogen and oxygen atoms in total. The van der Waals surface area contributed by atoms with Gasteiger partial charge in [0.15, 0.2) is 9.84 Å². The van der Waals surface area contributed by atoms with Crippen molar-refractivity contribution in [2.45, 2.75) is 30.7 Å². The molecule has 1 amide bonds. The highest BCUT2D eigenvalue weighted by Gasteiger charge is 2.28. The molecule has 0 aliphatic carbocycles. The van der Waals surface area contributed by atoms with Crippen molar-refractivity contribution < 1.29 is 13.2 Å². The average Bonchev–Trinajstić information content (AvgIpc) is 2.41. The third-order valence-corrected chi connectivity index (χ3v) is 4.59. The topological polar surface area (TPSA) is 66.5 Å². The predicted molar refractivity (Wildman–Crippen MR) is 78.6 cm³/mol. The molecule has 0 saturated carbocycles. The van der Waals surface area contributed by atoms with Gasteiger partial charge in [0.2, 0.25) is 5.91 Å². The first-order valence-corrected chi connectivity index (χ1v) is 8.67. The van der Waals surface area contributed by atoms with Gasteiger partial charge in [-0.25, -0.2) is 8.42 Å². The van der Waals surface area contributed by atoms with Crippen molar-refractivity contribution in [2.75, 3.05) is 24.2 Å². The number of sulfone groups is 1. The molecular weight excluding hydrogens is 276 g/mol. The van der Waals surface area contributed by atoms with E-state index in [1.807, 2.05) is 6.92 Å². The van der Waals surface area contributed by atoms with Gasteiger partial charge >= 0.3 is 0 Å². The third-order valence-electron chi connectivity index (χ3n) is 3.47. The summed E-state index contributed by atoms with van der Waals surface area (Å²) in [4.78, 5) is 14.3. The Balaban J connectivity index is 2.20. The Morgan fingerprint density at radius 1 is 1.30 bits per heavy atom. The number of hydrogen-bond donors (Lipinski definition) is 1. The Labute approximate surface area is 119 Å². The fourth-order valence-electron chi connectivity index (χ4n) is 2.44. The number of piperidine rings is 1. The summed E-state index contributed by atoms with van der Waals surface area (Å²) in [5.41, 5.74) is 0.755. The van der Waals surface area contributed by atoms with E-state index in [0.717, 1.165) is 25.1 Å². The first kappa shape index (κ1) is 15.0. The van der Waals surface area contributed by atoms with Gasteiger partial charge in [0.05, 0.1) is 10.9 Å². The fraction of sp³-hybridized carbons (Fsp3) is 0.500. The molecular formula is C14H20N2O3S. The zero-order chi connectivity index (χ0) is 14.8. The van der Waals surface area contributed by atoms with Crippen LogP contribution in [0.15, 0.2) is 29.2 Å². The standard InChI is InChI=1S/C14H20N2O3S/c1-3-15-13-5-4-10-16(14(13)17)11-6-8-12(9-7-11)20(2,18)19/h6-9,13,15H,3-5,10H2,1-2H3. The minimum atomic E-state index is -3.20. The van der Waals surface area contributed by atoms with E-state index in [1.165, 1.54) is 6.26 Å². The summed E-state index contributed by atoms with van der Waals surface area (Å²) in [6, 6.07) is 6.36. The molecule has 1 aromatic rings. The maximum absolute atomic E-state index is 12.3. The van der Waals surface area contributed by atoms with Gasteiger partial charge in [0.25, 0.3) is 0 Å². The Kier molecular flexibility index (Phi) is 4.45. The van der Waals surface area contributed by atoms with Crippen molar-refractivity contribution in [1.29, 1.82) is 0 Å². The molecule has 1 N–H and O–H groups in total. The van der Waals surface area contributed by atoms with Crippen LogP contribution in [-0.4, -0.2) is 39.7 Å². The van der Waals surface area contributed by atoms with Crippen molar-refractivity contribution in [3.8, 4) is 0 Å². The summed E-state index contributed by atoms with van der Waals surface area (Å²) in [6.45, 7) is 3.42. The Hall–Kier alpha value is -1.40. The number of benzene rings is 1. The number of carbonyl (C=O) groups excluding carboxylic acids is 1. The predicted octanol–water partition coefficient (Wildman–Crippen LogP) is 1.20. The third kappa shape index (κ3) is 3.19. The second-order valence-corrected chi connectivity index (χ2v) is 7.02. The molecule has 20 heavy (non-hydrogen) atoms. The molecule has 1 atom stereocenters. The highest BCUT2D eigenvalue weighted by Crippen LogP contribution is 2.22. The molecule has 2 rings (SSSR count). The Morgan fingerprint density at radius 2 is 1.95 bits per heavy atom. The van der Waals surface area contributed by atoms with Crippen LogP contribution in [0, 0.1) is 0 Å². The highest BCUT2D eigenvalue weighted by molar-refractivity contribution is 7.90. The van der Waals surface area contributed by atoms with E-state index in [4.69, 9.17) is 0 Å². The van der Waals surface area contributed by atoms with Crippen molar-refractivity contribution >= 4 is 21.4 Å². The number of amides is 1. The van der Waals surface area contributed by atoms with E-state index in [1.54, 1.807) is 29.2 Å². The zero-order valence-corrected chi connectivity index (χ0v) is 12.6. The van der Waals surface area contributed by atoms with Gasteiger partial charge in [-0.15, -0.1) is 0 Å². The zero-order valence-electron chi connectivity index (χ0n) is 11.8. The molecule has 1 fully saturated rings. The highest BCUT2D eigenvalue weighted by atomic mass is 32.2. The smallest absolute Gasteiger partial charge is 0.244 e. The normalized spacial score (nSPS) is 20.2. The molecule has 1 aliphatic heterocycles. The molecule has 0 aromatic heterocycles. The van der Waals surface area contributed by atoms with E-state index >= 15 is 0 Å². The SMILES string of the molecule is CCNC1CCCN(c2ccc(S(C)(=O)=O)cc2)C1=O. The second-order valence-electron chi connectivity index (χ2n) is 5.01. The number of likely N-dealkylation sites (N-methyl/N-ethyl adjacent to an activating group) is 1. The van der Waals surface area contributed by atoms with E-state index < -0.39 is 9.84 Å². The fourth-order valence-corrected chi connectivity index (χ4v) is 3.07. The van der Waals surface area contributed by atoms with E-state index in [0.29, 0.717) is 6.54 Å². The number of hydrogen-bond acceptors (Lipinski definition) is 4. The van der Waals surface area contributed by atoms with Crippen molar-refractivity contribution in [2.24, 2.45) is 0 Å². The Morgan fingerprint density at radius 3 is 2.50 bits per heavy atom. The number of rotatable bonds is 4. The number of carbonyl (C=O) groups is 1. The van der Waals surface area contributed by atoms with Crippen LogP contribution >= 0.6 is 0 Å². The van der Waals surface area contributed by atoms with Crippen molar-refractivity contribution in [1.82, 2.24) is 5.32 Å². The van der Waals surface area contributed by atoms with Crippen LogP contribution in [0.5, 0.6) is 0 Å². The lowest BCUT2D eigenvalue weighted by molar-refractivity contribution is -0.121. The Bertz CT molecular complexity index is 579. The summed E-state index contributed by atoms with van der Waals surface area (Å²) in [6.07, 6.45) is 2.97. The van der Waals surface area contributed by atoms with Gasteiger partial charge in [-0.3, -0.25) is 4.79 Å². The van der Waals surface area contributed by atoms with Crippen LogP contribution in [0.1, 0.15) is 19.8 Å². The molecule has 1 saturated heterocycles. The van der Waals surface area contributed by atoms with Crippen LogP contribution in [-0.2, 0) is 14.6 Å². The lowest BCUT2D eigenvalue weighted by Gasteiger charge is -2.32. The molecule has 6 heteroatoms. The van der Waals surface area contributed by atoms with E-state index in [9.17, 15) is 13.2 Å². The summed E-state index contributed by atoms with van der Waals surface area (Å²) >= 11 is 0. The molecule has 1 aromatic carbocycles. The van der Waals surface area contributed by atoms with Crippen molar-refractivity contribution in [3.63, 3.8) is 0 Å². The van der Waals surface area contributed by atoms with Crippen LogP contribution in [0.2, 0.25) is 0 Å². The minimum absolute atomic E-state index is 0.0604. The van der Waals surface area contributed by atoms with Gasteiger partial charge in [-0.2, -0.15) is 0 Å². The molecule has 110 valence electrons. The van der Waals surface area contributed by atoms with E-state index in [2.05, 4.69) is 5.32 Å². The van der Waals surface area contributed by atoms with Gasteiger partial charge in [0, 0.05) is 18.5 Å². The lowest BCUT2D eigenvalue weighted by Crippen LogP contribution is -2.50. The second kappa shape index (κ2) is 5.93. The van der Waals surface area contributed by atoms with Crippen LogP contribution < -0.4 is 10.2 Å². The van der Waals surface area contributed by atoms with Crippen molar-refractivity contribution in [3.05, 3.63) is 24.3 Å². The first-order valence-electron chi connectivity index (χ1n) is 6.78. The summed E-state index contributed by atoms with van der Waals surface area (Å²) < 4.78 is 22.9. The number of anilines is 1. The van der Waals surface area contributed by atoms with Gasteiger partial charge < -0.3 is 10.2 Å². The molecule has 0 spiro atoms. The quantitative estimate of drug-likeness (QED) is 0.906. The summed E-state index contributed by atoms with van der Waals surface area (Å²) in [7, 11) is -3.20. The molecule has 0 radical (unpaired) electrons. The minimum Gasteiger partial charge on any atom is -0.311 e. The average molecular weight is 296 g/mol. The maximum Gasteiger partial charge on any atom is 0.244 e. The lowest BCUT2D eigenvalue weighted by atomic mass is 10.0. The van der Waals surface area contributed by atoms with Crippen LogP contribution in [0.3, 0.4) is 0 Å². The largest absolute Gasteiger partial charge is 0.311 e. The number of nitrogens with zero attached hydrogens (tertiary/aromatic N) is 1. The van der Waals surface area contributed by atoms with E-state index in [-0.39, 0.29) is 16.8 Å². The molecule has 1 unspecified atom stereocenters. The number of nitrogens with one attached hydrogen (secondary N) is 1. The first-order chi connectivity index (χ1) is 9.43. The van der Waals surface area contributed by atoms with Crippen LogP contribution in [0.25, 0.3) is 0 Å². The summed E-state index contributed by atoms with van der Waals surface area (Å²) in [5.74, 6) is 0.0604. The molecule has 0 bridgehead atoms. The monoisotopic (exact) mass is 296 g/mol. The maximum atomic E-state index is 12.3. The summed E-state index contributed by atoms with van der Waals surface area (Å²) in [5, 5.41) is 3.18. The van der Waals surface area contributed by atoms with Gasteiger partial charge in [0.1, 0.15) is 0 Å².